The highest BCUT2D eigenvalue weighted by Crippen LogP contribution is 2.43. The Morgan fingerprint density at radius 3 is 2.28 bits per heavy atom. The largest absolute Gasteiger partial charge is 0.418 e. The molecule has 0 spiro atoms. The molecule has 2 aromatic carbocycles. The standard InChI is InChI=1S/C27H27F7N2O3/c1-2-18-9-11-21(36(18)25(39)16-5-3-4-15(12-16)23(37)27(32,33)34)24(38)35-22(14-6-7-14)19-10-8-17(13-20(19)28)26(29,30)31/h3-5,8,10,12-14,18,21-23,37H,2,6-7,9,11H2,1H3,(H,35,38)/t18-,21-,22?,23?/m1/s1. The van der Waals surface area contributed by atoms with Crippen molar-refractivity contribution >= 4 is 11.8 Å². The molecular formula is C27H27F7N2O3. The minimum atomic E-state index is -4.94. The maximum Gasteiger partial charge on any atom is 0.418 e. The summed E-state index contributed by atoms with van der Waals surface area (Å²) < 4.78 is 92.8. The average molecular weight is 561 g/mol. The number of amides is 2. The first-order chi connectivity index (χ1) is 18.2. The highest BCUT2D eigenvalue weighted by atomic mass is 19.4. The van der Waals surface area contributed by atoms with Crippen LogP contribution in [0.25, 0.3) is 0 Å². The first kappa shape index (κ1) is 28.8. The van der Waals surface area contributed by atoms with Gasteiger partial charge in [0, 0.05) is 17.2 Å². The molecule has 5 nitrogen and oxygen atoms in total. The van der Waals surface area contributed by atoms with Crippen LogP contribution in [0, 0.1) is 11.7 Å². The maximum absolute atomic E-state index is 14.8. The van der Waals surface area contributed by atoms with E-state index in [-0.39, 0.29) is 23.5 Å². The van der Waals surface area contributed by atoms with Gasteiger partial charge in [-0.3, -0.25) is 9.59 Å². The maximum atomic E-state index is 14.8. The van der Waals surface area contributed by atoms with E-state index in [4.69, 9.17) is 0 Å². The summed E-state index contributed by atoms with van der Waals surface area (Å²) in [5.41, 5.74) is -1.90. The van der Waals surface area contributed by atoms with Crippen LogP contribution in [0.5, 0.6) is 0 Å². The molecule has 12 heteroatoms. The Bertz CT molecular complexity index is 1230. The lowest BCUT2D eigenvalue weighted by Crippen LogP contribution is -2.49. The summed E-state index contributed by atoms with van der Waals surface area (Å²) in [7, 11) is 0. The fraction of sp³-hybridized carbons (Fsp3) is 0.481. The zero-order chi connectivity index (χ0) is 28.7. The molecule has 2 N–H and O–H groups in total. The van der Waals surface area contributed by atoms with Crippen molar-refractivity contribution in [3.8, 4) is 0 Å². The molecule has 1 aliphatic carbocycles. The van der Waals surface area contributed by atoms with E-state index in [0.29, 0.717) is 31.7 Å². The molecule has 4 rings (SSSR count). The molecule has 4 atom stereocenters. The van der Waals surface area contributed by atoms with E-state index in [0.717, 1.165) is 24.3 Å². The normalized spacial score (nSPS) is 21.5. The summed E-state index contributed by atoms with van der Waals surface area (Å²) in [6.07, 6.45) is -10.1. The van der Waals surface area contributed by atoms with Crippen molar-refractivity contribution in [2.75, 3.05) is 0 Å². The molecular weight excluding hydrogens is 533 g/mol. The molecule has 1 saturated heterocycles. The lowest BCUT2D eigenvalue weighted by molar-refractivity contribution is -0.206. The average Bonchev–Trinajstić information content (AvgIpc) is 3.63. The third-order valence-corrected chi connectivity index (χ3v) is 7.32. The van der Waals surface area contributed by atoms with E-state index >= 15 is 0 Å². The van der Waals surface area contributed by atoms with Crippen LogP contribution in [0.2, 0.25) is 0 Å². The van der Waals surface area contributed by atoms with Crippen LogP contribution in [0.3, 0.4) is 0 Å². The molecule has 212 valence electrons. The van der Waals surface area contributed by atoms with Crippen molar-refractivity contribution in [1.29, 1.82) is 0 Å². The van der Waals surface area contributed by atoms with Gasteiger partial charge in [-0.05, 0) is 67.9 Å². The van der Waals surface area contributed by atoms with Crippen molar-refractivity contribution in [3.05, 3.63) is 70.5 Å². The van der Waals surface area contributed by atoms with Crippen molar-refractivity contribution in [1.82, 2.24) is 10.2 Å². The summed E-state index contributed by atoms with van der Waals surface area (Å²) in [6.45, 7) is 1.79. The minimum absolute atomic E-state index is 0.0874. The van der Waals surface area contributed by atoms with Crippen molar-refractivity contribution in [3.63, 3.8) is 0 Å². The van der Waals surface area contributed by atoms with Gasteiger partial charge in [-0.25, -0.2) is 4.39 Å². The van der Waals surface area contributed by atoms with Crippen LogP contribution in [0.1, 0.15) is 78.2 Å². The molecule has 0 bridgehead atoms. The third kappa shape index (κ3) is 6.21. The van der Waals surface area contributed by atoms with Gasteiger partial charge in [-0.15, -0.1) is 0 Å². The number of aliphatic hydroxyl groups excluding tert-OH is 1. The third-order valence-electron chi connectivity index (χ3n) is 7.32. The predicted molar refractivity (Wildman–Crippen MR) is 126 cm³/mol. The molecule has 1 saturated carbocycles. The highest BCUT2D eigenvalue weighted by molar-refractivity contribution is 5.98. The summed E-state index contributed by atoms with van der Waals surface area (Å²) in [4.78, 5) is 28.2. The van der Waals surface area contributed by atoms with E-state index in [1.165, 1.54) is 17.0 Å². The van der Waals surface area contributed by atoms with E-state index < -0.39 is 65.3 Å². The first-order valence-corrected chi connectivity index (χ1v) is 12.6. The molecule has 2 fully saturated rings. The Hall–Kier alpha value is -3.15. The Kier molecular flexibility index (Phi) is 7.98. The monoisotopic (exact) mass is 560 g/mol. The van der Waals surface area contributed by atoms with Gasteiger partial charge in [0.05, 0.1) is 11.6 Å². The van der Waals surface area contributed by atoms with Crippen molar-refractivity contribution < 1.29 is 45.4 Å². The summed E-state index contributed by atoms with van der Waals surface area (Å²) >= 11 is 0. The van der Waals surface area contributed by atoms with Crippen molar-refractivity contribution in [2.45, 2.75) is 75.6 Å². The van der Waals surface area contributed by atoms with Crippen LogP contribution >= 0.6 is 0 Å². The molecule has 2 unspecified atom stereocenters. The molecule has 2 aromatic rings. The fourth-order valence-electron chi connectivity index (χ4n) is 5.11. The zero-order valence-corrected chi connectivity index (χ0v) is 20.8. The molecule has 1 heterocycles. The second kappa shape index (κ2) is 10.8. The van der Waals surface area contributed by atoms with Gasteiger partial charge in [0.2, 0.25) is 5.91 Å². The number of carbonyl (C=O) groups excluding carboxylic acids is 2. The lowest BCUT2D eigenvalue weighted by Gasteiger charge is -2.31. The van der Waals surface area contributed by atoms with Gasteiger partial charge in [0.25, 0.3) is 5.91 Å². The molecule has 2 amide bonds. The Morgan fingerprint density at radius 1 is 1.03 bits per heavy atom. The highest BCUT2D eigenvalue weighted by Gasteiger charge is 2.44. The van der Waals surface area contributed by atoms with E-state index in [2.05, 4.69) is 5.32 Å². The number of carbonyl (C=O) groups is 2. The topological polar surface area (TPSA) is 69.6 Å². The first-order valence-electron chi connectivity index (χ1n) is 12.6. The number of likely N-dealkylation sites (tertiary alicyclic amines) is 1. The Balaban J connectivity index is 1.58. The summed E-state index contributed by atoms with van der Waals surface area (Å²) in [5, 5.41) is 12.3. The van der Waals surface area contributed by atoms with Gasteiger partial charge in [0.15, 0.2) is 6.10 Å². The second-order valence-electron chi connectivity index (χ2n) is 9.99. The number of alkyl halides is 6. The number of hydrogen-bond donors (Lipinski definition) is 2. The smallest absolute Gasteiger partial charge is 0.379 e. The summed E-state index contributed by atoms with van der Waals surface area (Å²) in [6, 6.07) is 4.31. The van der Waals surface area contributed by atoms with Crippen LogP contribution in [-0.2, 0) is 11.0 Å². The molecule has 0 radical (unpaired) electrons. The second-order valence-corrected chi connectivity index (χ2v) is 9.99. The number of rotatable bonds is 7. The van der Waals surface area contributed by atoms with E-state index in [1.807, 2.05) is 0 Å². The molecule has 1 aliphatic heterocycles. The SMILES string of the molecule is CC[C@@H]1CC[C@H](C(=O)NC(c2ccc(C(F)(F)F)cc2F)C2CC2)N1C(=O)c1cccc(C(O)C(F)(F)F)c1. The number of nitrogens with zero attached hydrogens (tertiary/aromatic N) is 1. The Morgan fingerprint density at radius 2 is 1.72 bits per heavy atom. The number of aliphatic hydroxyl groups is 1. The summed E-state index contributed by atoms with van der Waals surface area (Å²) in [5.74, 6) is -2.61. The van der Waals surface area contributed by atoms with Gasteiger partial charge < -0.3 is 15.3 Å². The number of hydrogen-bond acceptors (Lipinski definition) is 3. The zero-order valence-electron chi connectivity index (χ0n) is 20.8. The quantitative estimate of drug-likeness (QED) is 0.403. The fourth-order valence-corrected chi connectivity index (χ4v) is 5.11. The number of halogens is 7. The molecule has 0 aromatic heterocycles. The number of benzene rings is 2. The van der Waals surface area contributed by atoms with Gasteiger partial charge in [-0.2, -0.15) is 26.3 Å². The van der Waals surface area contributed by atoms with E-state index in [9.17, 15) is 45.4 Å². The van der Waals surface area contributed by atoms with Crippen LogP contribution in [0.4, 0.5) is 30.7 Å². The van der Waals surface area contributed by atoms with Crippen LogP contribution < -0.4 is 5.32 Å². The van der Waals surface area contributed by atoms with Crippen LogP contribution in [-0.4, -0.2) is 40.1 Å². The van der Waals surface area contributed by atoms with Crippen LogP contribution in [0.15, 0.2) is 42.5 Å². The van der Waals surface area contributed by atoms with E-state index in [1.54, 1.807) is 6.92 Å². The minimum Gasteiger partial charge on any atom is -0.379 e. The van der Waals surface area contributed by atoms with Gasteiger partial charge >= 0.3 is 12.4 Å². The lowest BCUT2D eigenvalue weighted by atomic mass is 9.99. The number of nitrogens with one attached hydrogen (secondary N) is 1. The Labute approximate surface area is 220 Å². The predicted octanol–water partition coefficient (Wildman–Crippen LogP) is 6.09. The van der Waals surface area contributed by atoms with Crippen molar-refractivity contribution in [2.24, 2.45) is 5.92 Å². The molecule has 2 aliphatic rings. The van der Waals surface area contributed by atoms with Gasteiger partial charge in [0.1, 0.15) is 11.9 Å². The van der Waals surface area contributed by atoms with Gasteiger partial charge in [-0.1, -0.05) is 25.1 Å². The molecule has 39 heavy (non-hydrogen) atoms.